The Hall–Kier alpha value is -1.49. The third-order valence-electron chi connectivity index (χ3n) is 6.91. The summed E-state index contributed by atoms with van der Waals surface area (Å²) in [6.07, 6.45) is 7.10. The molecule has 2 unspecified atom stereocenters. The number of ether oxygens (including phenoxy) is 2. The fourth-order valence-corrected chi connectivity index (χ4v) is 6.99. The van der Waals surface area contributed by atoms with Gasteiger partial charge in [-0.1, -0.05) is 6.42 Å². The molecule has 0 saturated heterocycles. The fraction of sp³-hybridized carbons (Fsp3) is 0.826. The molecular formula is C23H42N4O5S. The number of aromatic nitrogens is 2. The molecule has 0 spiro atoms. The highest BCUT2D eigenvalue weighted by molar-refractivity contribution is 8.33. The van der Waals surface area contributed by atoms with Gasteiger partial charge in [0.25, 0.3) is 6.41 Å². The van der Waals surface area contributed by atoms with Crippen LogP contribution in [0.1, 0.15) is 78.5 Å². The minimum Gasteiger partial charge on any atom is -0.444 e. The Labute approximate surface area is 199 Å². The third-order valence-corrected chi connectivity index (χ3v) is 9.98. The van der Waals surface area contributed by atoms with Crippen molar-refractivity contribution in [2.45, 2.75) is 95.9 Å². The molecule has 0 bridgehead atoms. The first-order chi connectivity index (χ1) is 15.0. The van der Waals surface area contributed by atoms with Gasteiger partial charge in [-0.05, 0) is 73.2 Å². The molecule has 3 rings (SSSR count). The average molecular weight is 487 g/mol. The Balaban J connectivity index is 2.00. The molecule has 1 aliphatic heterocycles. The molecule has 1 fully saturated rings. The van der Waals surface area contributed by atoms with Crippen molar-refractivity contribution in [2.24, 2.45) is 0 Å². The van der Waals surface area contributed by atoms with Crippen molar-refractivity contribution in [1.29, 1.82) is 0 Å². The summed E-state index contributed by atoms with van der Waals surface area (Å²) in [6, 6.07) is 0. The molecule has 0 radical (unpaired) electrons. The van der Waals surface area contributed by atoms with Crippen LogP contribution in [0.25, 0.3) is 0 Å². The number of rotatable bonds is 7. The largest absolute Gasteiger partial charge is 0.444 e. The van der Waals surface area contributed by atoms with Crippen LogP contribution in [-0.2, 0) is 21.6 Å². The van der Waals surface area contributed by atoms with E-state index in [-0.39, 0.29) is 11.3 Å². The van der Waals surface area contributed by atoms with E-state index < -0.39 is 39.9 Å². The van der Waals surface area contributed by atoms with Gasteiger partial charge in [0.2, 0.25) is 0 Å². The number of nitrogens with one attached hydrogen (secondary N) is 1. The maximum atomic E-state index is 13.0. The predicted molar refractivity (Wildman–Crippen MR) is 131 cm³/mol. The van der Waals surface area contributed by atoms with Crippen molar-refractivity contribution in [2.75, 3.05) is 30.7 Å². The zero-order valence-electron chi connectivity index (χ0n) is 21.6. The first-order valence-electron chi connectivity index (χ1n) is 11.6. The highest BCUT2D eigenvalue weighted by Crippen LogP contribution is 2.62. The molecule has 33 heavy (non-hydrogen) atoms. The fourth-order valence-electron chi connectivity index (χ4n) is 4.74. The van der Waals surface area contributed by atoms with Gasteiger partial charge in [0.05, 0.1) is 17.8 Å². The van der Waals surface area contributed by atoms with Crippen molar-refractivity contribution in [3.05, 3.63) is 11.3 Å². The van der Waals surface area contributed by atoms with Crippen LogP contribution in [-0.4, -0.2) is 72.9 Å². The average Bonchev–Trinajstić information content (AvgIpc) is 3.06. The number of fused-ring (bicyclic) bond motifs is 1. The molecule has 1 aromatic heterocycles. The van der Waals surface area contributed by atoms with Crippen molar-refractivity contribution < 1.29 is 24.5 Å². The first-order valence-corrected chi connectivity index (χ1v) is 14.5. The van der Waals surface area contributed by atoms with Crippen LogP contribution >= 0.6 is 10.0 Å². The Bertz CT molecular complexity index is 883. The monoisotopic (exact) mass is 486 g/mol. The summed E-state index contributed by atoms with van der Waals surface area (Å²) < 4.78 is 12.2. The Kier molecular flexibility index (Phi) is 6.83. The van der Waals surface area contributed by atoms with Crippen LogP contribution in [0.5, 0.6) is 0 Å². The predicted octanol–water partition coefficient (Wildman–Crippen LogP) is 3.70. The Morgan fingerprint density at radius 2 is 1.85 bits per heavy atom. The summed E-state index contributed by atoms with van der Waals surface area (Å²) in [7, 11) is -1.08. The van der Waals surface area contributed by atoms with Gasteiger partial charge in [0.1, 0.15) is 17.6 Å². The lowest BCUT2D eigenvalue weighted by molar-refractivity contribution is -0.155. The smallest absolute Gasteiger partial charge is 0.411 e. The number of anilines is 1. The lowest BCUT2D eigenvalue weighted by atomic mass is 9.82. The highest BCUT2D eigenvalue weighted by atomic mass is 32.3. The van der Waals surface area contributed by atoms with Crippen molar-refractivity contribution in [1.82, 2.24) is 14.7 Å². The molecule has 0 aromatic carbocycles. The number of aliphatic hydroxyl groups is 2. The number of aliphatic hydroxyl groups excluding tert-OH is 2. The van der Waals surface area contributed by atoms with E-state index in [0.717, 1.165) is 24.8 Å². The van der Waals surface area contributed by atoms with Gasteiger partial charge in [0, 0.05) is 16.9 Å². The maximum absolute atomic E-state index is 13.0. The number of hydrogen-bond acceptors (Lipinski definition) is 7. The Morgan fingerprint density at radius 1 is 1.24 bits per heavy atom. The quantitative estimate of drug-likeness (QED) is 0.504. The SMILES string of the molecule is CCOC(O)n1nc2c(c1NC(O)C1(S(C)(C)C)CCC1)CN(C(=O)OC(C)(C)C)C2(C)C. The summed E-state index contributed by atoms with van der Waals surface area (Å²) in [5.74, 6) is 0.479. The molecule has 1 amide bonds. The summed E-state index contributed by atoms with van der Waals surface area (Å²) in [4.78, 5) is 14.6. The molecule has 1 aromatic rings. The van der Waals surface area contributed by atoms with Crippen molar-refractivity contribution in [3.8, 4) is 0 Å². The number of amides is 1. The molecule has 2 aliphatic rings. The summed E-state index contributed by atoms with van der Waals surface area (Å²) in [6.45, 7) is 11.7. The second-order valence-electron chi connectivity index (χ2n) is 11.3. The highest BCUT2D eigenvalue weighted by Gasteiger charge is 2.52. The van der Waals surface area contributed by atoms with E-state index >= 15 is 0 Å². The van der Waals surface area contributed by atoms with E-state index in [1.807, 2.05) is 34.6 Å². The van der Waals surface area contributed by atoms with Gasteiger partial charge < -0.3 is 25.0 Å². The van der Waals surface area contributed by atoms with E-state index in [9.17, 15) is 15.0 Å². The topological polar surface area (TPSA) is 109 Å². The number of nitrogens with zero attached hydrogens (tertiary/aromatic N) is 3. The lowest BCUT2D eigenvalue weighted by Crippen LogP contribution is -2.55. The first kappa shape index (κ1) is 26.1. The number of carbonyl (C=O) groups is 1. The van der Waals surface area contributed by atoms with Gasteiger partial charge in [-0.15, -0.1) is 0 Å². The normalized spacial score (nSPS) is 21.7. The van der Waals surface area contributed by atoms with Gasteiger partial charge in [0.15, 0.2) is 0 Å². The van der Waals surface area contributed by atoms with Crippen LogP contribution in [0.2, 0.25) is 0 Å². The van der Waals surface area contributed by atoms with Crippen molar-refractivity contribution in [3.63, 3.8) is 0 Å². The zero-order chi connectivity index (χ0) is 25.0. The minimum absolute atomic E-state index is 0.218. The van der Waals surface area contributed by atoms with Gasteiger partial charge >= 0.3 is 6.09 Å². The van der Waals surface area contributed by atoms with Crippen LogP contribution in [0.3, 0.4) is 0 Å². The standard InChI is InChI=1S/C23H42N4O5S/c1-10-31-20(30)27-17(24-18(28)23(12-11-13-23)33(7,8)9)15-14-26(19(29)32-21(2,3)4)22(5,6)16(15)25-27/h18,20,24,28,30H,10-14H2,1-9H3. The second kappa shape index (κ2) is 8.62. The Morgan fingerprint density at radius 3 is 2.30 bits per heavy atom. The number of hydrogen-bond donors (Lipinski definition) is 3. The lowest BCUT2D eigenvalue weighted by Gasteiger charge is -2.57. The molecule has 190 valence electrons. The van der Waals surface area contributed by atoms with Gasteiger partial charge in [-0.25, -0.2) is 14.8 Å². The van der Waals surface area contributed by atoms with Gasteiger partial charge in [-0.3, -0.25) is 4.90 Å². The molecule has 3 N–H and O–H groups in total. The molecule has 2 atom stereocenters. The second-order valence-corrected chi connectivity index (χ2v) is 15.8. The zero-order valence-corrected chi connectivity index (χ0v) is 22.4. The maximum Gasteiger partial charge on any atom is 0.411 e. The minimum atomic E-state index is -1.31. The van der Waals surface area contributed by atoms with Crippen LogP contribution in [0.4, 0.5) is 10.6 Å². The van der Waals surface area contributed by atoms with Crippen LogP contribution < -0.4 is 5.32 Å². The van der Waals surface area contributed by atoms with E-state index in [0.29, 0.717) is 18.1 Å². The summed E-state index contributed by atoms with van der Waals surface area (Å²) in [5.41, 5.74) is 0.0102. The molecule has 1 aliphatic carbocycles. The molecular weight excluding hydrogens is 444 g/mol. The van der Waals surface area contributed by atoms with Crippen LogP contribution in [0, 0.1) is 0 Å². The van der Waals surface area contributed by atoms with Gasteiger partial charge in [-0.2, -0.15) is 9.78 Å². The molecule has 1 saturated carbocycles. The van der Waals surface area contributed by atoms with Crippen LogP contribution in [0.15, 0.2) is 0 Å². The summed E-state index contributed by atoms with van der Waals surface area (Å²) in [5, 5.41) is 30.0. The van der Waals surface area contributed by atoms with E-state index in [4.69, 9.17) is 9.47 Å². The van der Waals surface area contributed by atoms with Crippen molar-refractivity contribution >= 4 is 21.9 Å². The molecule has 2 heterocycles. The van der Waals surface area contributed by atoms with E-state index in [1.54, 1.807) is 11.8 Å². The van der Waals surface area contributed by atoms with E-state index in [2.05, 4.69) is 29.2 Å². The number of carbonyl (C=O) groups excluding carboxylic acids is 1. The third kappa shape index (κ3) is 4.59. The van der Waals surface area contributed by atoms with E-state index in [1.165, 1.54) is 4.68 Å². The molecule has 9 nitrogen and oxygen atoms in total. The summed E-state index contributed by atoms with van der Waals surface area (Å²) >= 11 is 0. The molecule has 10 heteroatoms.